The molecule has 1 atom stereocenters. The lowest BCUT2D eigenvalue weighted by atomic mass is 10.1. The molecular formula is C21H31N3O4S2. The van der Waals surface area contributed by atoms with Crippen LogP contribution in [0, 0.1) is 0 Å². The van der Waals surface area contributed by atoms with Crippen LogP contribution in [0.1, 0.15) is 35.9 Å². The maximum absolute atomic E-state index is 12.8. The Balaban J connectivity index is 1.92. The van der Waals surface area contributed by atoms with Gasteiger partial charge in [0.2, 0.25) is 0 Å². The molecule has 2 aromatic heterocycles. The Morgan fingerprint density at radius 2 is 1.80 bits per heavy atom. The van der Waals surface area contributed by atoms with Crippen molar-refractivity contribution >= 4 is 34.8 Å². The van der Waals surface area contributed by atoms with Gasteiger partial charge in [0, 0.05) is 23.4 Å². The van der Waals surface area contributed by atoms with Gasteiger partial charge in [-0.25, -0.2) is 9.59 Å². The fraction of sp³-hybridized carbons (Fsp3) is 0.524. The van der Waals surface area contributed by atoms with Crippen LogP contribution in [0.4, 0.5) is 9.59 Å². The number of hydrogen-bond acceptors (Lipinski definition) is 6. The topological polar surface area (TPSA) is 79.9 Å². The molecule has 3 amide bonds. The molecule has 0 aliphatic heterocycles. The highest BCUT2D eigenvalue weighted by atomic mass is 32.1. The minimum absolute atomic E-state index is 0.141. The number of ether oxygens (including phenoxy) is 2. The Labute approximate surface area is 186 Å². The van der Waals surface area contributed by atoms with Crippen molar-refractivity contribution in [3.63, 3.8) is 0 Å². The van der Waals surface area contributed by atoms with E-state index in [9.17, 15) is 9.59 Å². The van der Waals surface area contributed by atoms with Gasteiger partial charge in [-0.1, -0.05) is 31.9 Å². The SMILES string of the molecule is CCCC[C@H](COC(=O)N(Cc1cccs1)Cc1cccs1)NC(=O)NCCOC. The number of hydrogen-bond donors (Lipinski definition) is 2. The van der Waals surface area contributed by atoms with E-state index in [0.717, 1.165) is 29.0 Å². The van der Waals surface area contributed by atoms with Crippen LogP contribution in [0.25, 0.3) is 0 Å². The third-order valence-corrected chi connectivity index (χ3v) is 6.08. The number of nitrogens with zero attached hydrogens (tertiary/aromatic N) is 1. The molecule has 0 bridgehead atoms. The highest BCUT2D eigenvalue weighted by Gasteiger charge is 2.20. The maximum Gasteiger partial charge on any atom is 0.410 e. The van der Waals surface area contributed by atoms with E-state index in [1.165, 1.54) is 0 Å². The van der Waals surface area contributed by atoms with Gasteiger partial charge in [-0.15, -0.1) is 22.7 Å². The van der Waals surface area contributed by atoms with E-state index in [-0.39, 0.29) is 24.8 Å². The molecule has 2 aromatic rings. The summed E-state index contributed by atoms with van der Waals surface area (Å²) in [6, 6.07) is 7.45. The van der Waals surface area contributed by atoms with Crippen molar-refractivity contribution in [3.05, 3.63) is 44.8 Å². The second-order valence-electron chi connectivity index (χ2n) is 6.82. The fourth-order valence-electron chi connectivity index (χ4n) is 2.78. The average molecular weight is 454 g/mol. The number of carbonyl (C=O) groups is 2. The van der Waals surface area contributed by atoms with Gasteiger partial charge in [0.1, 0.15) is 6.61 Å². The van der Waals surface area contributed by atoms with Gasteiger partial charge in [0.15, 0.2) is 0 Å². The molecule has 2 N–H and O–H groups in total. The van der Waals surface area contributed by atoms with Crippen LogP contribution < -0.4 is 10.6 Å². The van der Waals surface area contributed by atoms with Crippen LogP contribution in [0.3, 0.4) is 0 Å². The van der Waals surface area contributed by atoms with E-state index in [1.807, 2.05) is 35.0 Å². The lowest BCUT2D eigenvalue weighted by Crippen LogP contribution is -2.46. The third-order valence-electron chi connectivity index (χ3n) is 4.35. The Morgan fingerprint density at radius 3 is 2.33 bits per heavy atom. The Hall–Kier alpha value is -2.10. The normalized spacial score (nSPS) is 11.7. The molecule has 2 heterocycles. The third kappa shape index (κ3) is 9.15. The van der Waals surface area contributed by atoms with E-state index >= 15 is 0 Å². The molecule has 0 saturated carbocycles. The van der Waals surface area contributed by atoms with Gasteiger partial charge in [0.25, 0.3) is 0 Å². The van der Waals surface area contributed by atoms with E-state index in [1.54, 1.807) is 34.7 Å². The van der Waals surface area contributed by atoms with Crippen molar-refractivity contribution in [1.29, 1.82) is 0 Å². The molecule has 0 unspecified atom stereocenters. The number of methoxy groups -OCH3 is 1. The van der Waals surface area contributed by atoms with Crippen molar-refractivity contribution in [2.75, 3.05) is 26.9 Å². The summed E-state index contributed by atoms with van der Waals surface area (Å²) < 4.78 is 10.6. The van der Waals surface area contributed by atoms with E-state index in [4.69, 9.17) is 9.47 Å². The first-order chi connectivity index (χ1) is 14.6. The summed E-state index contributed by atoms with van der Waals surface area (Å²) in [6.07, 6.45) is 2.31. The molecule has 0 spiro atoms. The first-order valence-corrected chi connectivity index (χ1v) is 11.9. The standard InChI is InChI=1S/C21H31N3O4S2/c1-3-4-7-17(23-20(25)22-10-11-27-2)16-28-21(26)24(14-18-8-5-12-29-18)15-19-9-6-13-30-19/h5-6,8-9,12-13,17H,3-4,7,10-11,14-16H2,1-2H3,(H2,22,23,25)/t17-/m1/s1. The largest absolute Gasteiger partial charge is 0.447 e. The monoisotopic (exact) mass is 453 g/mol. The number of amides is 3. The van der Waals surface area contributed by atoms with Crippen LogP contribution in [0.2, 0.25) is 0 Å². The molecule has 0 aliphatic carbocycles. The second-order valence-corrected chi connectivity index (χ2v) is 8.89. The van der Waals surface area contributed by atoms with Crippen LogP contribution in [0.15, 0.2) is 35.0 Å². The molecule has 0 radical (unpaired) electrons. The van der Waals surface area contributed by atoms with E-state index in [2.05, 4.69) is 17.6 Å². The van der Waals surface area contributed by atoms with Crippen molar-refractivity contribution in [1.82, 2.24) is 15.5 Å². The number of unbranched alkanes of at least 4 members (excludes halogenated alkanes) is 1. The average Bonchev–Trinajstić information content (AvgIpc) is 3.44. The van der Waals surface area contributed by atoms with Gasteiger partial charge >= 0.3 is 12.1 Å². The molecule has 9 heteroatoms. The highest BCUT2D eigenvalue weighted by Crippen LogP contribution is 2.18. The number of carbonyl (C=O) groups excluding carboxylic acids is 2. The van der Waals surface area contributed by atoms with E-state index < -0.39 is 0 Å². The molecule has 0 aliphatic rings. The molecule has 0 saturated heterocycles. The summed E-state index contributed by atoms with van der Waals surface area (Å²) in [5.74, 6) is 0. The first-order valence-electron chi connectivity index (χ1n) is 10.1. The minimum Gasteiger partial charge on any atom is -0.447 e. The van der Waals surface area contributed by atoms with Gasteiger partial charge in [-0.2, -0.15) is 0 Å². The predicted molar refractivity (Wildman–Crippen MR) is 121 cm³/mol. The zero-order valence-corrected chi connectivity index (χ0v) is 19.2. The van der Waals surface area contributed by atoms with Crippen molar-refractivity contribution in [3.8, 4) is 0 Å². The number of nitrogens with one attached hydrogen (secondary N) is 2. The summed E-state index contributed by atoms with van der Waals surface area (Å²) >= 11 is 3.23. The predicted octanol–water partition coefficient (Wildman–Crippen LogP) is 4.45. The Bertz CT molecular complexity index is 686. The van der Waals surface area contributed by atoms with Gasteiger partial charge in [0.05, 0.1) is 25.7 Å². The van der Waals surface area contributed by atoms with Gasteiger partial charge < -0.3 is 20.1 Å². The summed E-state index contributed by atoms with van der Waals surface area (Å²) in [7, 11) is 1.58. The van der Waals surface area contributed by atoms with Crippen molar-refractivity contribution < 1.29 is 19.1 Å². The van der Waals surface area contributed by atoms with Gasteiger partial charge in [-0.05, 0) is 29.3 Å². The molecule has 2 rings (SSSR count). The number of thiophene rings is 2. The Morgan fingerprint density at radius 1 is 1.13 bits per heavy atom. The summed E-state index contributed by atoms with van der Waals surface area (Å²) in [5, 5.41) is 9.63. The Kier molecular flexibility index (Phi) is 11.3. The number of urea groups is 1. The molecule has 0 aromatic carbocycles. The molecule has 166 valence electrons. The second kappa shape index (κ2) is 14.0. The highest BCUT2D eigenvalue weighted by molar-refractivity contribution is 7.10. The van der Waals surface area contributed by atoms with Crippen LogP contribution in [-0.2, 0) is 22.6 Å². The zero-order chi connectivity index (χ0) is 21.6. The molecule has 0 fully saturated rings. The van der Waals surface area contributed by atoms with Gasteiger partial charge in [-0.3, -0.25) is 4.90 Å². The van der Waals surface area contributed by atoms with Crippen LogP contribution in [-0.4, -0.2) is 49.9 Å². The summed E-state index contributed by atoms with van der Waals surface area (Å²) in [5.41, 5.74) is 0. The molecule has 7 nitrogen and oxygen atoms in total. The molecule has 30 heavy (non-hydrogen) atoms. The fourth-order valence-corrected chi connectivity index (χ4v) is 4.22. The zero-order valence-electron chi connectivity index (χ0n) is 17.6. The van der Waals surface area contributed by atoms with Crippen molar-refractivity contribution in [2.45, 2.75) is 45.3 Å². The smallest absolute Gasteiger partial charge is 0.410 e. The van der Waals surface area contributed by atoms with Crippen molar-refractivity contribution in [2.24, 2.45) is 0 Å². The van der Waals surface area contributed by atoms with Crippen LogP contribution in [0.5, 0.6) is 0 Å². The lowest BCUT2D eigenvalue weighted by molar-refractivity contribution is 0.0880. The summed E-state index contributed by atoms with van der Waals surface area (Å²) in [6.45, 7) is 4.10. The minimum atomic E-state index is -0.375. The quantitative estimate of drug-likeness (QED) is 0.439. The van der Waals surface area contributed by atoms with Crippen LogP contribution >= 0.6 is 22.7 Å². The maximum atomic E-state index is 12.8. The first kappa shape index (κ1) is 24.2. The molecular weight excluding hydrogens is 422 g/mol. The lowest BCUT2D eigenvalue weighted by Gasteiger charge is -2.24. The summed E-state index contributed by atoms with van der Waals surface area (Å²) in [4.78, 5) is 28.8. The number of rotatable bonds is 13. The van der Waals surface area contributed by atoms with E-state index in [0.29, 0.717) is 26.2 Å².